The number of likely N-dealkylation sites (N-methyl/N-ethyl adjacent to an activating group) is 1. The fourth-order valence-electron chi connectivity index (χ4n) is 8.89. The average Bonchev–Trinajstić information content (AvgIpc) is 4.13. The monoisotopic (exact) mass is 1020 g/mol. The Morgan fingerprint density at radius 1 is 0.542 bits per heavy atom. The van der Waals surface area contributed by atoms with E-state index < -0.39 is 23.8 Å². The maximum absolute atomic E-state index is 11.6. The van der Waals surface area contributed by atoms with Crippen LogP contribution >= 0.6 is 0 Å². The van der Waals surface area contributed by atoms with Gasteiger partial charge in [0, 0.05) is 111 Å². The molecular formula is C53H97N7O12. The molecule has 0 aromatic heterocycles. The maximum Gasteiger partial charge on any atom is 0.308 e. The van der Waals surface area contributed by atoms with Crippen molar-refractivity contribution in [2.75, 3.05) is 98.4 Å². The van der Waals surface area contributed by atoms with Crippen molar-refractivity contribution in [3.8, 4) is 0 Å². The summed E-state index contributed by atoms with van der Waals surface area (Å²) in [5, 5.41) is 17.7. The number of hydrogen-bond acceptors (Lipinski definition) is 11. The first kappa shape index (κ1) is 65.7. The molecular weight excluding hydrogens is 927 g/mol. The van der Waals surface area contributed by atoms with Crippen LogP contribution in [0.15, 0.2) is 0 Å². The van der Waals surface area contributed by atoms with Crippen LogP contribution in [0.4, 0.5) is 0 Å². The lowest BCUT2D eigenvalue weighted by molar-refractivity contribution is -0.142. The molecule has 0 spiro atoms. The third kappa shape index (κ3) is 27.6. The fourth-order valence-corrected chi connectivity index (χ4v) is 8.89. The van der Waals surface area contributed by atoms with Gasteiger partial charge in [-0.15, -0.1) is 0 Å². The van der Waals surface area contributed by atoms with Gasteiger partial charge in [-0.2, -0.15) is 0 Å². The number of ether oxygens (including phenoxy) is 2. The zero-order valence-corrected chi connectivity index (χ0v) is 45.5. The molecule has 4 aliphatic rings. The number of carboxylic acid groups (broad SMARTS) is 2. The predicted octanol–water partition coefficient (Wildman–Crippen LogP) is 5.26. The Morgan fingerprint density at radius 2 is 0.944 bits per heavy atom. The van der Waals surface area contributed by atoms with Crippen molar-refractivity contribution in [3.05, 3.63) is 0 Å². The van der Waals surface area contributed by atoms with Crippen molar-refractivity contribution in [2.45, 2.75) is 158 Å². The normalized spacial score (nSPS) is 20.1. The van der Waals surface area contributed by atoms with Gasteiger partial charge in [-0.25, -0.2) is 0 Å². The molecule has 5 atom stereocenters. The van der Waals surface area contributed by atoms with Crippen molar-refractivity contribution in [2.24, 2.45) is 47.0 Å². The summed E-state index contributed by atoms with van der Waals surface area (Å²) in [6, 6.07) is 0. The molecule has 0 aromatic rings. The van der Waals surface area contributed by atoms with Crippen LogP contribution in [0.25, 0.3) is 0 Å². The number of primary amides is 2. The molecule has 4 heterocycles. The maximum atomic E-state index is 11.6. The number of rotatable bonds is 33. The van der Waals surface area contributed by atoms with Gasteiger partial charge in [0.15, 0.2) is 0 Å². The first-order valence-corrected chi connectivity index (χ1v) is 27.3. The number of likely N-dealkylation sites (tertiary alicyclic amines) is 4. The molecule has 4 saturated heterocycles. The summed E-state index contributed by atoms with van der Waals surface area (Å²) < 4.78 is 11.1. The lowest BCUT2D eigenvalue weighted by Crippen LogP contribution is -2.36. The Labute approximate surface area is 431 Å². The second kappa shape index (κ2) is 38.3. The molecule has 5 unspecified atom stereocenters. The predicted molar refractivity (Wildman–Crippen MR) is 277 cm³/mol. The van der Waals surface area contributed by atoms with Crippen molar-refractivity contribution >= 4 is 47.4 Å². The largest absolute Gasteiger partial charge is 0.481 e. The van der Waals surface area contributed by atoms with Crippen molar-refractivity contribution < 1.29 is 58.0 Å². The molecule has 0 saturated carbocycles. The Morgan fingerprint density at radius 3 is 1.33 bits per heavy atom. The molecule has 0 radical (unpaired) electrons. The second-order valence-electron chi connectivity index (χ2n) is 20.2. The van der Waals surface area contributed by atoms with Gasteiger partial charge in [0.1, 0.15) is 0 Å². The van der Waals surface area contributed by atoms with E-state index in [4.69, 9.17) is 31.2 Å². The van der Waals surface area contributed by atoms with E-state index in [1.807, 2.05) is 0 Å². The number of carboxylic acids is 2. The summed E-state index contributed by atoms with van der Waals surface area (Å²) in [6.07, 6.45) is 15.5. The first-order chi connectivity index (χ1) is 34.3. The van der Waals surface area contributed by atoms with Crippen LogP contribution in [0.5, 0.6) is 0 Å². The highest BCUT2D eigenvalue weighted by molar-refractivity contribution is 5.89. The van der Waals surface area contributed by atoms with Gasteiger partial charge in [0.05, 0.1) is 23.7 Å². The molecule has 19 heteroatoms. The van der Waals surface area contributed by atoms with Gasteiger partial charge < -0.3 is 55.7 Å². The van der Waals surface area contributed by atoms with Crippen LogP contribution < -0.4 is 11.5 Å². The standard InChI is InChI=1S/C16H29NO4.C14H26N2O2.C12H22N2O3.C11H20N2O3/c1-3-5-7-13(4-2)12-21-9-6-8-17-11-14(16(19)20)10-15(17)18;1-11(2)7-5-3-4-6-8-16-10-12(14(15)18)9-13(16)17;1-2-3-6-17-7-4-5-14-9-10(12(13)16)8-11(14)15;1-3-12(4-2)5-6-13-8-9(11(15)16)7-10(13)14/h13-14H,3-12H2,1-2H3,(H,19,20);11-12H,3-10H2,1-2H3,(H2,15,18);10H,2-9H2,1H3,(H2,13,16);9H,3-8H2,1-2H3,(H,15,16). The van der Waals surface area contributed by atoms with E-state index in [2.05, 4.69) is 53.4 Å². The van der Waals surface area contributed by atoms with E-state index in [0.717, 1.165) is 90.3 Å². The van der Waals surface area contributed by atoms with Gasteiger partial charge in [-0.1, -0.05) is 99.8 Å². The summed E-state index contributed by atoms with van der Waals surface area (Å²) in [5.41, 5.74) is 10.4. The number of unbranched alkanes of at least 4 members (excludes halogenated alkanes) is 5. The highest BCUT2D eigenvalue weighted by Gasteiger charge is 2.36. The summed E-state index contributed by atoms with van der Waals surface area (Å²) in [5.74, 6) is -2.61. The lowest BCUT2D eigenvalue weighted by atomic mass is 10.0. The SMILES string of the molecule is CC(C)CCCCCCN1CC(C(N)=O)CC1=O.CCCCC(CC)COCCCN1CC(C(=O)O)CC1=O.CCCCOCCCN1CC(C(N)=O)CC1=O.CCN(CC)CCN1CC(C(=O)O)CC1=O. The third-order valence-corrected chi connectivity index (χ3v) is 13.9. The van der Waals surface area contributed by atoms with Gasteiger partial charge in [0.25, 0.3) is 0 Å². The van der Waals surface area contributed by atoms with Gasteiger partial charge >= 0.3 is 11.9 Å². The molecule has 4 aliphatic heterocycles. The highest BCUT2D eigenvalue weighted by Crippen LogP contribution is 2.21. The van der Waals surface area contributed by atoms with Gasteiger partial charge in [-0.05, 0) is 57.0 Å². The zero-order valence-electron chi connectivity index (χ0n) is 45.5. The lowest BCUT2D eigenvalue weighted by Gasteiger charge is -2.22. The fraction of sp³-hybridized carbons (Fsp3) is 0.849. The molecule has 0 aromatic carbocycles. The van der Waals surface area contributed by atoms with Crippen LogP contribution in [0.2, 0.25) is 0 Å². The van der Waals surface area contributed by atoms with Crippen molar-refractivity contribution in [1.29, 1.82) is 0 Å². The summed E-state index contributed by atoms with van der Waals surface area (Å²) in [4.78, 5) is 98.9. The third-order valence-electron chi connectivity index (χ3n) is 13.9. The average molecular weight is 1020 g/mol. The van der Waals surface area contributed by atoms with Crippen LogP contribution in [-0.4, -0.2) is 181 Å². The van der Waals surface area contributed by atoms with E-state index in [-0.39, 0.29) is 66.5 Å². The molecule has 19 nitrogen and oxygen atoms in total. The van der Waals surface area contributed by atoms with E-state index in [0.29, 0.717) is 71.4 Å². The minimum Gasteiger partial charge on any atom is -0.481 e. The number of nitrogens with zero attached hydrogens (tertiary/aromatic N) is 5. The molecule has 4 fully saturated rings. The van der Waals surface area contributed by atoms with Gasteiger partial charge in [-0.3, -0.25) is 38.4 Å². The number of aliphatic carboxylic acids is 2. The van der Waals surface area contributed by atoms with Crippen LogP contribution in [0.3, 0.4) is 0 Å². The molecule has 0 aliphatic carbocycles. The topological polar surface area (TPSA) is 264 Å². The summed E-state index contributed by atoms with van der Waals surface area (Å²) >= 11 is 0. The van der Waals surface area contributed by atoms with Gasteiger partial charge in [0.2, 0.25) is 35.4 Å². The molecule has 72 heavy (non-hydrogen) atoms. The summed E-state index contributed by atoms with van der Waals surface area (Å²) in [6.45, 7) is 25.2. The number of hydrogen-bond donors (Lipinski definition) is 4. The number of nitrogens with two attached hydrogens (primary N) is 2. The van der Waals surface area contributed by atoms with E-state index in [1.54, 1.807) is 19.6 Å². The Kier molecular flexibility index (Phi) is 34.9. The van der Waals surface area contributed by atoms with Crippen LogP contribution in [0.1, 0.15) is 158 Å². The van der Waals surface area contributed by atoms with E-state index in [1.165, 1.54) is 38.5 Å². The molecule has 0 bridgehead atoms. The van der Waals surface area contributed by atoms with E-state index >= 15 is 0 Å². The number of amides is 6. The Bertz CT molecular complexity index is 1610. The zero-order chi connectivity index (χ0) is 54.0. The molecule has 6 amide bonds. The molecule has 416 valence electrons. The van der Waals surface area contributed by atoms with Crippen LogP contribution in [0, 0.1) is 35.5 Å². The minimum absolute atomic E-state index is 0.0282. The van der Waals surface area contributed by atoms with E-state index in [9.17, 15) is 38.4 Å². The van der Waals surface area contributed by atoms with Crippen molar-refractivity contribution in [1.82, 2.24) is 24.5 Å². The summed E-state index contributed by atoms with van der Waals surface area (Å²) in [7, 11) is 0. The first-order valence-electron chi connectivity index (χ1n) is 27.3. The smallest absolute Gasteiger partial charge is 0.308 e. The number of carbonyl (C=O) groups is 8. The Balaban J connectivity index is 0.000000482. The molecule has 6 N–H and O–H groups in total. The minimum atomic E-state index is -0.871. The van der Waals surface area contributed by atoms with Crippen LogP contribution in [-0.2, 0) is 47.8 Å². The quantitative estimate of drug-likeness (QED) is 0.0613. The molecule has 4 rings (SSSR count). The highest BCUT2D eigenvalue weighted by atomic mass is 16.5. The second-order valence-corrected chi connectivity index (χ2v) is 20.2. The number of carbonyl (C=O) groups excluding carboxylic acids is 6. The van der Waals surface area contributed by atoms with Crippen molar-refractivity contribution in [3.63, 3.8) is 0 Å². The Hall–Kier alpha value is -4.36.